The molecule has 0 aliphatic carbocycles. The lowest BCUT2D eigenvalue weighted by Gasteiger charge is -2.21. The van der Waals surface area contributed by atoms with Crippen molar-refractivity contribution in [2.24, 2.45) is 0 Å². The van der Waals surface area contributed by atoms with Crippen LogP contribution in [-0.2, 0) is 4.74 Å². The maximum atomic E-state index is 12.5. The molecule has 0 saturated heterocycles. The fraction of sp³-hybridized carbons (Fsp3) is 0.500. The highest BCUT2D eigenvalue weighted by Crippen LogP contribution is 2.22. The number of rotatable bonds is 5. The first-order valence-corrected chi connectivity index (χ1v) is 5.22. The number of alkyl halides is 2. The molecule has 1 rings (SSSR count). The predicted molar refractivity (Wildman–Crippen MR) is 61.0 cm³/mol. The summed E-state index contributed by atoms with van der Waals surface area (Å²) >= 11 is 0. The zero-order valence-electron chi connectivity index (χ0n) is 9.71. The van der Waals surface area contributed by atoms with Crippen LogP contribution in [0.1, 0.15) is 25.8 Å². The molecule has 0 aliphatic heterocycles. The van der Waals surface area contributed by atoms with Crippen LogP contribution in [0.2, 0.25) is 0 Å². The number of ether oxygens (including phenoxy) is 1. The second kappa shape index (κ2) is 5.80. The van der Waals surface area contributed by atoms with Crippen LogP contribution in [0, 0.1) is 0 Å². The van der Waals surface area contributed by atoms with Gasteiger partial charge in [-0.05, 0) is 26.0 Å². The molecule has 90 valence electrons. The van der Waals surface area contributed by atoms with E-state index in [1.807, 2.05) is 13.8 Å². The topological polar surface area (TPSA) is 21.3 Å². The number of methoxy groups -OCH3 is 1. The average Bonchev–Trinajstić information content (AvgIpc) is 2.28. The summed E-state index contributed by atoms with van der Waals surface area (Å²) in [5.74, 6) is 0. The molecule has 0 saturated carbocycles. The lowest BCUT2D eigenvalue weighted by molar-refractivity contribution is 0.106. The van der Waals surface area contributed by atoms with Gasteiger partial charge in [-0.2, -0.15) is 0 Å². The highest BCUT2D eigenvalue weighted by Gasteiger charge is 2.12. The van der Waals surface area contributed by atoms with Gasteiger partial charge < -0.3 is 10.1 Å². The van der Waals surface area contributed by atoms with E-state index in [1.54, 1.807) is 19.2 Å². The Balaban J connectivity index is 2.70. The molecule has 0 aliphatic rings. The highest BCUT2D eigenvalue weighted by atomic mass is 19.3. The van der Waals surface area contributed by atoms with Crippen LogP contribution in [0.5, 0.6) is 0 Å². The minimum absolute atomic E-state index is 0.0233. The summed E-state index contributed by atoms with van der Waals surface area (Å²) in [6, 6.07) is 6.33. The molecule has 2 atom stereocenters. The van der Waals surface area contributed by atoms with Gasteiger partial charge >= 0.3 is 0 Å². The predicted octanol–water partition coefficient (Wildman–Crippen LogP) is 3.46. The van der Waals surface area contributed by atoms with Gasteiger partial charge in [0.25, 0.3) is 6.43 Å². The summed E-state index contributed by atoms with van der Waals surface area (Å²) < 4.78 is 30.1. The van der Waals surface area contributed by atoms with Gasteiger partial charge in [-0.15, -0.1) is 0 Å². The Morgan fingerprint density at radius 3 is 2.50 bits per heavy atom. The van der Waals surface area contributed by atoms with Crippen molar-refractivity contribution < 1.29 is 13.5 Å². The van der Waals surface area contributed by atoms with Crippen molar-refractivity contribution in [1.29, 1.82) is 0 Å². The third-order valence-corrected chi connectivity index (χ3v) is 2.61. The molecule has 1 aromatic carbocycles. The Morgan fingerprint density at radius 2 is 1.94 bits per heavy atom. The van der Waals surface area contributed by atoms with Gasteiger partial charge in [0.05, 0.1) is 6.10 Å². The zero-order valence-corrected chi connectivity index (χ0v) is 9.71. The van der Waals surface area contributed by atoms with E-state index in [0.717, 1.165) is 0 Å². The molecule has 2 nitrogen and oxygen atoms in total. The molecule has 0 heterocycles. The van der Waals surface area contributed by atoms with Gasteiger partial charge in [0.1, 0.15) is 0 Å². The highest BCUT2D eigenvalue weighted by molar-refractivity contribution is 5.46. The Kier molecular flexibility index (Phi) is 4.68. The van der Waals surface area contributed by atoms with Crippen molar-refractivity contribution in [3.63, 3.8) is 0 Å². The number of halogens is 2. The van der Waals surface area contributed by atoms with Gasteiger partial charge in [0.15, 0.2) is 0 Å². The van der Waals surface area contributed by atoms with Gasteiger partial charge in [-0.3, -0.25) is 0 Å². The first-order valence-electron chi connectivity index (χ1n) is 5.22. The Labute approximate surface area is 94.6 Å². The summed E-state index contributed by atoms with van der Waals surface area (Å²) in [6.45, 7) is 3.87. The van der Waals surface area contributed by atoms with Gasteiger partial charge in [0.2, 0.25) is 0 Å². The molecule has 0 amide bonds. The van der Waals surface area contributed by atoms with Crippen LogP contribution in [0.25, 0.3) is 0 Å². The van der Waals surface area contributed by atoms with Crippen molar-refractivity contribution >= 4 is 5.69 Å². The van der Waals surface area contributed by atoms with Crippen LogP contribution in [0.3, 0.4) is 0 Å². The fourth-order valence-corrected chi connectivity index (χ4v) is 1.35. The Bertz CT molecular complexity index is 331. The summed E-state index contributed by atoms with van der Waals surface area (Å²) in [6.07, 6.45) is -2.41. The maximum Gasteiger partial charge on any atom is 0.263 e. The molecule has 0 aromatic heterocycles. The summed E-state index contributed by atoms with van der Waals surface area (Å²) in [5.41, 5.74) is 0.719. The van der Waals surface area contributed by atoms with E-state index in [9.17, 15) is 8.78 Å². The van der Waals surface area contributed by atoms with Gasteiger partial charge in [-0.25, -0.2) is 8.78 Å². The van der Waals surface area contributed by atoms with E-state index in [4.69, 9.17) is 4.74 Å². The van der Waals surface area contributed by atoms with E-state index < -0.39 is 6.43 Å². The summed E-state index contributed by atoms with van der Waals surface area (Å²) in [5, 5.41) is 3.13. The molecule has 0 bridgehead atoms. The third-order valence-electron chi connectivity index (χ3n) is 2.61. The number of nitrogens with one attached hydrogen (secondary N) is 1. The number of benzene rings is 1. The van der Waals surface area contributed by atoms with Crippen molar-refractivity contribution in [3.8, 4) is 0 Å². The molecular formula is C12H17F2NO. The monoisotopic (exact) mass is 229 g/mol. The summed E-state index contributed by atoms with van der Waals surface area (Å²) in [7, 11) is 1.62. The molecule has 2 unspecified atom stereocenters. The minimum Gasteiger partial charge on any atom is -0.380 e. The van der Waals surface area contributed by atoms with Crippen LogP contribution in [0.4, 0.5) is 14.5 Å². The molecular weight excluding hydrogens is 212 g/mol. The van der Waals surface area contributed by atoms with E-state index in [0.29, 0.717) is 5.69 Å². The fourth-order valence-electron chi connectivity index (χ4n) is 1.35. The van der Waals surface area contributed by atoms with Crippen LogP contribution >= 0.6 is 0 Å². The lowest BCUT2D eigenvalue weighted by atomic mass is 10.1. The zero-order chi connectivity index (χ0) is 12.1. The Morgan fingerprint density at radius 1 is 1.25 bits per heavy atom. The third kappa shape index (κ3) is 3.45. The standard InChI is InChI=1S/C12H17F2NO/c1-8(9(2)16-3)15-11-6-4-5-10(7-11)12(13)14/h4-9,12,15H,1-3H3. The normalized spacial score (nSPS) is 14.9. The maximum absolute atomic E-state index is 12.5. The smallest absolute Gasteiger partial charge is 0.263 e. The Hall–Kier alpha value is -1.16. The number of anilines is 1. The van der Waals surface area contributed by atoms with E-state index in [1.165, 1.54) is 12.1 Å². The van der Waals surface area contributed by atoms with Crippen LogP contribution in [0.15, 0.2) is 24.3 Å². The average molecular weight is 229 g/mol. The summed E-state index contributed by atoms with van der Waals surface area (Å²) in [4.78, 5) is 0. The first-order chi connectivity index (χ1) is 7.54. The second-order valence-electron chi connectivity index (χ2n) is 3.80. The second-order valence-corrected chi connectivity index (χ2v) is 3.80. The quantitative estimate of drug-likeness (QED) is 0.834. The van der Waals surface area contributed by atoms with E-state index >= 15 is 0 Å². The van der Waals surface area contributed by atoms with Crippen LogP contribution < -0.4 is 5.32 Å². The van der Waals surface area contributed by atoms with Crippen molar-refractivity contribution in [3.05, 3.63) is 29.8 Å². The first kappa shape index (κ1) is 12.9. The molecule has 1 aromatic rings. The van der Waals surface area contributed by atoms with Gasteiger partial charge in [0, 0.05) is 24.4 Å². The lowest BCUT2D eigenvalue weighted by Crippen LogP contribution is -2.29. The van der Waals surface area contributed by atoms with Crippen molar-refractivity contribution in [2.45, 2.75) is 32.4 Å². The van der Waals surface area contributed by atoms with Crippen molar-refractivity contribution in [1.82, 2.24) is 0 Å². The van der Waals surface area contributed by atoms with Crippen LogP contribution in [-0.4, -0.2) is 19.3 Å². The molecule has 1 N–H and O–H groups in total. The largest absolute Gasteiger partial charge is 0.380 e. The molecule has 0 fully saturated rings. The molecule has 4 heteroatoms. The molecule has 0 radical (unpaired) electrons. The van der Waals surface area contributed by atoms with Crippen molar-refractivity contribution in [2.75, 3.05) is 12.4 Å². The molecule has 16 heavy (non-hydrogen) atoms. The minimum atomic E-state index is -2.43. The van der Waals surface area contributed by atoms with E-state index in [-0.39, 0.29) is 17.7 Å². The number of hydrogen-bond donors (Lipinski definition) is 1. The van der Waals surface area contributed by atoms with E-state index in [2.05, 4.69) is 5.32 Å². The van der Waals surface area contributed by atoms with Gasteiger partial charge in [-0.1, -0.05) is 12.1 Å². The number of hydrogen-bond acceptors (Lipinski definition) is 2. The SMILES string of the molecule is COC(C)C(C)Nc1cccc(C(F)F)c1. The molecule has 0 spiro atoms.